The van der Waals surface area contributed by atoms with E-state index < -0.39 is 0 Å². The van der Waals surface area contributed by atoms with E-state index in [0.717, 1.165) is 12.8 Å². The zero-order valence-electron chi connectivity index (χ0n) is 13.5. The maximum Gasteiger partial charge on any atom is 0.255 e. The molecule has 0 aliphatic heterocycles. The van der Waals surface area contributed by atoms with Crippen LogP contribution in [0.2, 0.25) is 5.02 Å². The second kappa shape index (κ2) is 6.72. The Balaban J connectivity index is 1.57. The van der Waals surface area contributed by atoms with Crippen molar-refractivity contribution in [2.45, 2.75) is 31.8 Å². The third-order valence-corrected chi connectivity index (χ3v) is 4.56. The van der Waals surface area contributed by atoms with Gasteiger partial charge in [-0.2, -0.15) is 5.10 Å². The second-order valence-corrected chi connectivity index (χ2v) is 6.53. The number of aromatic nitrogens is 3. The number of anilines is 1. The lowest BCUT2D eigenvalue weighted by atomic mass is 10.2. The van der Waals surface area contributed by atoms with Crippen molar-refractivity contribution in [1.29, 1.82) is 0 Å². The molecule has 1 aliphatic carbocycles. The summed E-state index contributed by atoms with van der Waals surface area (Å²) in [6, 6.07) is 8.66. The van der Waals surface area contributed by atoms with Gasteiger partial charge in [-0.25, -0.2) is 9.50 Å². The molecule has 1 aromatic carbocycles. The molecule has 1 amide bonds. The quantitative estimate of drug-likeness (QED) is 0.768. The van der Waals surface area contributed by atoms with Gasteiger partial charge < -0.3 is 10.1 Å². The summed E-state index contributed by atoms with van der Waals surface area (Å²) in [5.41, 5.74) is 1.68. The minimum Gasteiger partial charge on any atom is -0.488 e. The number of benzene rings is 1. The Morgan fingerprint density at radius 2 is 2.08 bits per heavy atom. The highest BCUT2D eigenvalue weighted by molar-refractivity contribution is 6.31. The first-order chi connectivity index (χ1) is 12.2. The molecule has 1 N–H and O–H groups in total. The van der Waals surface area contributed by atoms with Crippen LogP contribution in [0.25, 0.3) is 5.65 Å². The zero-order valence-corrected chi connectivity index (χ0v) is 14.2. The molecule has 1 saturated carbocycles. The highest BCUT2D eigenvalue weighted by atomic mass is 35.5. The van der Waals surface area contributed by atoms with Gasteiger partial charge in [-0.3, -0.25) is 4.79 Å². The average Bonchev–Trinajstić information content (AvgIpc) is 3.28. The Labute approximate surface area is 149 Å². The van der Waals surface area contributed by atoms with Crippen molar-refractivity contribution < 1.29 is 9.53 Å². The number of hydrogen-bond acceptors (Lipinski definition) is 4. The Kier molecular flexibility index (Phi) is 4.28. The molecule has 128 valence electrons. The van der Waals surface area contributed by atoms with Crippen LogP contribution in [0.5, 0.6) is 5.75 Å². The molecule has 4 rings (SSSR count). The van der Waals surface area contributed by atoms with Crippen LogP contribution in [0.4, 0.5) is 5.69 Å². The van der Waals surface area contributed by atoms with Crippen LogP contribution in [0.1, 0.15) is 36.0 Å². The standard InChI is InChI=1S/C18H17ClN4O2/c19-13-5-6-16(25-14-3-1-2-4-14)15(10-13)22-18(24)12-7-8-23-17(9-12)20-11-21-23/h5-11,14H,1-4H2,(H,22,24). The van der Waals surface area contributed by atoms with Gasteiger partial charge in [0.1, 0.15) is 12.1 Å². The van der Waals surface area contributed by atoms with Crippen LogP contribution in [-0.4, -0.2) is 26.6 Å². The Hall–Kier alpha value is -2.60. The largest absolute Gasteiger partial charge is 0.488 e. The lowest BCUT2D eigenvalue weighted by molar-refractivity contribution is 0.102. The molecule has 0 atom stereocenters. The van der Waals surface area contributed by atoms with Crippen LogP contribution in [0, 0.1) is 0 Å². The number of halogens is 1. The van der Waals surface area contributed by atoms with Gasteiger partial charge in [0.15, 0.2) is 5.65 Å². The molecule has 3 aromatic rings. The van der Waals surface area contributed by atoms with Gasteiger partial charge in [-0.15, -0.1) is 0 Å². The first-order valence-corrected chi connectivity index (χ1v) is 8.64. The molecule has 2 heterocycles. The van der Waals surface area contributed by atoms with Gasteiger partial charge in [0.05, 0.1) is 11.8 Å². The van der Waals surface area contributed by atoms with Gasteiger partial charge in [-0.05, 0) is 56.0 Å². The molecule has 0 bridgehead atoms. The van der Waals surface area contributed by atoms with Crippen LogP contribution >= 0.6 is 11.6 Å². The summed E-state index contributed by atoms with van der Waals surface area (Å²) >= 11 is 6.10. The average molecular weight is 357 g/mol. The summed E-state index contributed by atoms with van der Waals surface area (Å²) in [6.45, 7) is 0. The topological polar surface area (TPSA) is 68.5 Å². The SMILES string of the molecule is O=C(Nc1cc(Cl)ccc1OC1CCCC1)c1ccn2ncnc2c1. The van der Waals surface area contributed by atoms with E-state index in [0.29, 0.717) is 27.7 Å². The molecule has 1 aliphatic rings. The normalized spacial score (nSPS) is 14.8. The van der Waals surface area contributed by atoms with Crippen LogP contribution in [0.15, 0.2) is 42.9 Å². The smallest absolute Gasteiger partial charge is 0.255 e. The number of nitrogens with one attached hydrogen (secondary N) is 1. The van der Waals surface area contributed by atoms with Crippen molar-refractivity contribution in [1.82, 2.24) is 14.6 Å². The summed E-state index contributed by atoms with van der Waals surface area (Å²) in [6.07, 6.45) is 7.78. The van der Waals surface area contributed by atoms with Gasteiger partial charge in [0.25, 0.3) is 5.91 Å². The monoisotopic (exact) mass is 356 g/mol. The van der Waals surface area contributed by atoms with E-state index in [1.54, 1.807) is 41.0 Å². The summed E-state index contributed by atoms with van der Waals surface area (Å²) in [5.74, 6) is 0.400. The molecule has 0 radical (unpaired) electrons. The number of pyridine rings is 1. The van der Waals surface area contributed by atoms with Crippen molar-refractivity contribution in [2.24, 2.45) is 0 Å². The third kappa shape index (κ3) is 3.44. The van der Waals surface area contributed by atoms with Gasteiger partial charge in [-0.1, -0.05) is 11.6 Å². The number of amides is 1. The number of ether oxygens (including phenoxy) is 1. The molecular weight excluding hydrogens is 340 g/mol. The lowest BCUT2D eigenvalue weighted by Crippen LogP contribution is -2.16. The van der Waals surface area contributed by atoms with E-state index in [-0.39, 0.29) is 12.0 Å². The Bertz CT molecular complexity index is 918. The molecule has 2 aromatic heterocycles. The number of nitrogens with zero attached hydrogens (tertiary/aromatic N) is 3. The second-order valence-electron chi connectivity index (χ2n) is 6.10. The van der Waals surface area contributed by atoms with E-state index in [9.17, 15) is 4.79 Å². The fraction of sp³-hybridized carbons (Fsp3) is 0.278. The molecule has 1 fully saturated rings. The van der Waals surface area contributed by atoms with Crippen molar-refractivity contribution in [2.75, 3.05) is 5.32 Å². The third-order valence-electron chi connectivity index (χ3n) is 4.33. The molecule has 0 unspecified atom stereocenters. The molecule has 0 saturated heterocycles. The Morgan fingerprint density at radius 3 is 2.92 bits per heavy atom. The van der Waals surface area contributed by atoms with Crippen molar-refractivity contribution in [3.63, 3.8) is 0 Å². The van der Waals surface area contributed by atoms with Crippen LogP contribution < -0.4 is 10.1 Å². The van der Waals surface area contributed by atoms with Crippen LogP contribution in [0.3, 0.4) is 0 Å². The predicted molar refractivity (Wildman–Crippen MR) is 95.3 cm³/mol. The minimum absolute atomic E-state index is 0.198. The maximum absolute atomic E-state index is 12.6. The van der Waals surface area contributed by atoms with Crippen molar-refractivity contribution in [3.8, 4) is 5.75 Å². The molecular formula is C18H17ClN4O2. The summed E-state index contributed by atoms with van der Waals surface area (Å²) in [7, 11) is 0. The van der Waals surface area contributed by atoms with Crippen molar-refractivity contribution in [3.05, 3.63) is 53.4 Å². The fourth-order valence-electron chi connectivity index (χ4n) is 3.04. The van der Waals surface area contributed by atoms with Crippen LogP contribution in [-0.2, 0) is 0 Å². The van der Waals surface area contributed by atoms with E-state index in [1.165, 1.54) is 19.2 Å². The van der Waals surface area contributed by atoms with Gasteiger partial charge in [0.2, 0.25) is 0 Å². The lowest BCUT2D eigenvalue weighted by Gasteiger charge is -2.17. The van der Waals surface area contributed by atoms with E-state index in [2.05, 4.69) is 15.4 Å². The maximum atomic E-state index is 12.6. The summed E-state index contributed by atoms with van der Waals surface area (Å²) in [4.78, 5) is 16.7. The Morgan fingerprint density at radius 1 is 1.24 bits per heavy atom. The highest BCUT2D eigenvalue weighted by Crippen LogP contribution is 2.32. The number of rotatable bonds is 4. The first-order valence-electron chi connectivity index (χ1n) is 8.26. The summed E-state index contributed by atoms with van der Waals surface area (Å²) < 4.78 is 7.66. The zero-order chi connectivity index (χ0) is 17.2. The van der Waals surface area contributed by atoms with Gasteiger partial charge >= 0.3 is 0 Å². The van der Waals surface area contributed by atoms with Gasteiger partial charge in [0, 0.05) is 16.8 Å². The number of hydrogen-bond donors (Lipinski definition) is 1. The van der Waals surface area contributed by atoms with Crippen molar-refractivity contribution >= 4 is 28.8 Å². The minimum atomic E-state index is -0.246. The molecule has 0 spiro atoms. The highest BCUT2D eigenvalue weighted by Gasteiger charge is 2.19. The number of carbonyl (C=O) groups excluding carboxylic acids is 1. The van der Waals surface area contributed by atoms with E-state index in [1.807, 2.05) is 0 Å². The number of fused-ring (bicyclic) bond motifs is 1. The van der Waals surface area contributed by atoms with E-state index >= 15 is 0 Å². The predicted octanol–water partition coefficient (Wildman–Crippen LogP) is 3.96. The molecule has 6 nitrogen and oxygen atoms in total. The molecule has 25 heavy (non-hydrogen) atoms. The fourth-order valence-corrected chi connectivity index (χ4v) is 3.21. The molecule has 7 heteroatoms. The van der Waals surface area contributed by atoms with E-state index in [4.69, 9.17) is 16.3 Å². The first kappa shape index (κ1) is 15.9. The summed E-state index contributed by atoms with van der Waals surface area (Å²) in [5, 5.41) is 7.46. The number of carbonyl (C=O) groups is 1.